The van der Waals surface area contributed by atoms with Gasteiger partial charge in [0.2, 0.25) is 0 Å². The van der Waals surface area contributed by atoms with E-state index in [1.165, 1.54) is 5.56 Å². The molecule has 0 atom stereocenters. The van der Waals surface area contributed by atoms with E-state index < -0.39 is 0 Å². The second-order valence-electron chi connectivity index (χ2n) is 5.51. The normalized spacial score (nSPS) is 12.1. The smallest absolute Gasteiger partial charge is 0.152 e. The fourth-order valence-electron chi connectivity index (χ4n) is 2.65. The zero-order chi connectivity index (χ0) is 16.8. The van der Waals surface area contributed by atoms with Crippen LogP contribution in [-0.2, 0) is 13.0 Å². The standard InChI is InChI=1S/C20H22ClNO/c1-4-5-13-22-16(3)15(2)18(14-23)20(22)19(21)12-11-17-9-7-6-8-10-17/h4-10,12,14H,11,13H2,1-3H3. The van der Waals surface area contributed by atoms with Crippen LogP contribution in [0.3, 0.4) is 0 Å². The molecule has 0 unspecified atom stereocenters. The highest BCUT2D eigenvalue weighted by Gasteiger charge is 2.18. The minimum Gasteiger partial charge on any atom is -0.339 e. The monoisotopic (exact) mass is 327 g/mol. The largest absolute Gasteiger partial charge is 0.339 e. The van der Waals surface area contributed by atoms with Gasteiger partial charge in [-0.1, -0.05) is 60.2 Å². The highest BCUT2D eigenvalue weighted by molar-refractivity contribution is 6.49. The molecule has 0 radical (unpaired) electrons. The lowest BCUT2D eigenvalue weighted by Gasteiger charge is -2.09. The molecule has 23 heavy (non-hydrogen) atoms. The van der Waals surface area contributed by atoms with Crippen molar-refractivity contribution in [1.82, 2.24) is 4.57 Å². The summed E-state index contributed by atoms with van der Waals surface area (Å²) in [7, 11) is 0. The molecule has 0 aliphatic rings. The van der Waals surface area contributed by atoms with Gasteiger partial charge in [0, 0.05) is 17.8 Å². The molecule has 1 aromatic heterocycles. The summed E-state index contributed by atoms with van der Waals surface area (Å²) < 4.78 is 2.10. The third-order valence-corrected chi connectivity index (χ3v) is 4.44. The fraction of sp³-hybridized carbons (Fsp3) is 0.250. The Bertz CT molecular complexity index is 739. The molecule has 1 heterocycles. The molecule has 0 aliphatic heterocycles. The Labute approximate surface area is 143 Å². The Kier molecular flexibility index (Phi) is 6.00. The molecule has 0 bridgehead atoms. The second kappa shape index (κ2) is 7.98. The third-order valence-electron chi connectivity index (χ3n) is 4.10. The summed E-state index contributed by atoms with van der Waals surface area (Å²) in [5.41, 5.74) is 4.75. The zero-order valence-corrected chi connectivity index (χ0v) is 14.6. The van der Waals surface area contributed by atoms with Crippen LogP contribution in [-0.4, -0.2) is 10.9 Å². The van der Waals surface area contributed by atoms with E-state index in [0.717, 1.165) is 29.7 Å². The lowest BCUT2D eigenvalue weighted by Crippen LogP contribution is -2.03. The van der Waals surface area contributed by atoms with Crippen LogP contribution in [0.4, 0.5) is 0 Å². The summed E-state index contributed by atoms with van der Waals surface area (Å²) in [6, 6.07) is 10.1. The van der Waals surface area contributed by atoms with Gasteiger partial charge in [-0.2, -0.15) is 0 Å². The molecule has 0 amide bonds. The molecule has 120 valence electrons. The molecule has 0 aliphatic carbocycles. The summed E-state index contributed by atoms with van der Waals surface area (Å²) in [6.45, 7) is 6.69. The zero-order valence-electron chi connectivity index (χ0n) is 13.8. The first-order valence-corrected chi connectivity index (χ1v) is 8.13. The number of hydrogen-bond donors (Lipinski definition) is 0. The minimum absolute atomic E-state index is 0.622. The maximum absolute atomic E-state index is 11.5. The number of carbonyl (C=O) groups is 1. The number of halogens is 1. The molecular formula is C20H22ClNO. The molecule has 0 saturated carbocycles. The molecule has 2 nitrogen and oxygen atoms in total. The first kappa shape index (κ1) is 17.3. The van der Waals surface area contributed by atoms with Crippen molar-refractivity contribution >= 4 is 22.9 Å². The molecule has 1 aromatic carbocycles. The molecular weight excluding hydrogens is 306 g/mol. The van der Waals surface area contributed by atoms with Gasteiger partial charge in [-0.25, -0.2) is 0 Å². The van der Waals surface area contributed by atoms with Gasteiger partial charge in [0.1, 0.15) is 0 Å². The lowest BCUT2D eigenvalue weighted by atomic mass is 10.1. The van der Waals surface area contributed by atoms with Gasteiger partial charge in [0.05, 0.1) is 10.7 Å². The molecule has 0 fully saturated rings. The molecule has 0 N–H and O–H groups in total. The highest BCUT2D eigenvalue weighted by atomic mass is 35.5. The number of nitrogens with zero attached hydrogens (tertiary/aromatic N) is 1. The Balaban J connectivity index is 2.43. The second-order valence-corrected chi connectivity index (χ2v) is 5.92. The van der Waals surface area contributed by atoms with Crippen molar-refractivity contribution in [2.45, 2.75) is 33.7 Å². The molecule has 2 rings (SSSR count). The van der Waals surface area contributed by atoms with E-state index in [4.69, 9.17) is 11.6 Å². The van der Waals surface area contributed by atoms with Gasteiger partial charge in [-0.15, -0.1) is 0 Å². The number of aromatic nitrogens is 1. The molecule has 0 saturated heterocycles. The number of rotatable bonds is 6. The van der Waals surface area contributed by atoms with Crippen LogP contribution in [0.1, 0.15) is 39.8 Å². The Morgan fingerprint density at radius 1 is 1.22 bits per heavy atom. The molecule has 0 spiro atoms. The summed E-state index contributed by atoms with van der Waals surface area (Å²) in [5, 5.41) is 0.622. The van der Waals surface area contributed by atoms with Crippen LogP contribution in [0.2, 0.25) is 0 Å². The Morgan fingerprint density at radius 3 is 2.52 bits per heavy atom. The van der Waals surface area contributed by atoms with E-state index in [1.54, 1.807) is 0 Å². The number of hydrogen-bond acceptors (Lipinski definition) is 1. The van der Waals surface area contributed by atoms with E-state index in [1.807, 2.05) is 51.1 Å². The number of benzene rings is 1. The van der Waals surface area contributed by atoms with E-state index in [0.29, 0.717) is 17.1 Å². The van der Waals surface area contributed by atoms with E-state index >= 15 is 0 Å². The van der Waals surface area contributed by atoms with Gasteiger partial charge >= 0.3 is 0 Å². The third kappa shape index (κ3) is 3.83. The van der Waals surface area contributed by atoms with Gasteiger partial charge in [0.15, 0.2) is 6.29 Å². The van der Waals surface area contributed by atoms with Crippen LogP contribution in [0.5, 0.6) is 0 Å². The average molecular weight is 328 g/mol. The highest BCUT2D eigenvalue weighted by Crippen LogP contribution is 2.29. The van der Waals surface area contributed by atoms with Crippen molar-refractivity contribution < 1.29 is 4.79 Å². The SMILES string of the molecule is CC=CCn1c(C)c(C)c(C=O)c1C(Cl)=CCc1ccccc1. The van der Waals surface area contributed by atoms with Crippen molar-refractivity contribution in [3.8, 4) is 0 Å². The maximum Gasteiger partial charge on any atom is 0.152 e. The predicted molar refractivity (Wildman–Crippen MR) is 98.1 cm³/mol. The summed E-state index contributed by atoms with van der Waals surface area (Å²) in [6.07, 6.45) is 7.68. The fourth-order valence-corrected chi connectivity index (χ4v) is 2.93. The molecule has 3 heteroatoms. The summed E-state index contributed by atoms with van der Waals surface area (Å²) >= 11 is 6.57. The van der Waals surface area contributed by atoms with E-state index in [-0.39, 0.29) is 0 Å². The van der Waals surface area contributed by atoms with Crippen molar-refractivity contribution in [3.05, 3.63) is 76.6 Å². The number of carbonyl (C=O) groups excluding carboxylic acids is 1. The van der Waals surface area contributed by atoms with Gasteiger partial charge in [-0.05, 0) is 38.3 Å². The van der Waals surface area contributed by atoms with Crippen LogP contribution in [0.25, 0.3) is 5.03 Å². The lowest BCUT2D eigenvalue weighted by molar-refractivity contribution is 0.112. The van der Waals surface area contributed by atoms with Crippen LogP contribution in [0.15, 0.2) is 48.6 Å². The van der Waals surface area contributed by atoms with Crippen molar-refractivity contribution in [2.75, 3.05) is 0 Å². The van der Waals surface area contributed by atoms with Crippen LogP contribution >= 0.6 is 11.6 Å². The Hall–Kier alpha value is -2.06. The van der Waals surface area contributed by atoms with E-state index in [2.05, 4.69) is 22.8 Å². The number of aldehydes is 1. The van der Waals surface area contributed by atoms with Crippen molar-refractivity contribution in [1.29, 1.82) is 0 Å². The van der Waals surface area contributed by atoms with Crippen LogP contribution < -0.4 is 0 Å². The quantitative estimate of drug-likeness (QED) is 0.520. The molecule has 2 aromatic rings. The average Bonchev–Trinajstić information content (AvgIpc) is 2.82. The van der Waals surface area contributed by atoms with Gasteiger partial charge in [0.25, 0.3) is 0 Å². The topological polar surface area (TPSA) is 22.0 Å². The maximum atomic E-state index is 11.5. The summed E-state index contributed by atoms with van der Waals surface area (Å²) in [4.78, 5) is 11.5. The first-order valence-electron chi connectivity index (χ1n) is 7.76. The predicted octanol–water partition coefficient (Wildman–Crippen LogP) is 5.32. The van der Waals surface area contributed by atoms with E-state index in [9.17, 15) is 4.79 Å². The number of allylic oxidation sites excluding steroid dienone is 3. The van der Waals surface area contributed by atoms with Gasteiger partial charge < -0.3 is 4.57 Å². The van der Waals surface area contributed by atoms with Crippen LogP contribution in [0, 0.1) is 13.8 Å². The first-order chi connectivity index (χ1) is 11.1. The van der Waals surface area contributed by atoms with Crippen molar-refractivity contribution in [3.63, 3.8) is 0 Å². The van der Waals surface area contributed by atoms with Gasteiger partial charge in [-0.3, -0.25) is 4.79 Å². The van der Waals surface area contributed by atoms with Crippen molar-refractivity contribution in [2.24, 2.45) is 0 Å². The Morgan fingerprint density at radius 2 is 1.91 bits per heavy atom. The summed E-state index contributed by atoms with van der Waals surface area (Å²) in [5.74, 6) is 0. The minimum atomic E-state index is 0.622.